The summed E-state index contributed by atoms with van der Waals surface area (Å²) >= 11 is 0. The minimum absolute atomic E-state index is 0.249. The molecule has 1 unspecified atom stereocenters. The van der Waals surface area contributed by atoms with Crippen LogP contribution in [0.4, 0.5) is 22.9 Å². The van der Waals surface area contributed by atoms with Crippen molar-refractivity contribution >= 4 is 22.9 Å². The van der Waals surface area contributed by atoms with Crippen LogP contribution in [0.3, 0.4) is 0 Å². The van der Waals surface area contributed by atoms with Crippen LogP contribution in [-0.4, -0.2) is 44.5 Å². The van der Waals surface area contributed by atoms with E-state index in [-0.39, 0.29) is 6.04 Å². The Balaban J connectivity index is 1.62. The number of morpholine rings is 1. The van der Waals surface area contributed by atoms with Crippen molar-refractivity contribution in [2.24, 2.45) is 0 Å². The van der Waals surface area contributed by atoms with E-state index < -0.39 is 0 Å². The van der Waals surface area contributed by atoms with Crippen LogP contribution in [-0.2, 0) is 16.0 Å². The van der Waals surface area contributed by atoms with Gasteiger partial charge in [0.2, 0.25) is 0 Å². The van der Waals surface area contributed by atoms with Crippen LogP contribution in [0, 0.1) is 0 Å². The summed E-state index contributed by atoms with van der Waals surface area (Å²) in [6, 6.07) is 10.8. The predicted molar refractivity (Wildman–Crippen MR) is 95.1 cm³/mol. The van der Waals surface area contributed by atoms with Crippen molar-refractivity contribution < 1.29 is 9.47 Å². The lowest BCUT2D eigenvalue weighted by molar-refractivity contribution is 0.0602. The van der Waals surface area contributed by atoms with Gasteiger partial charge in [-0.15, -0.1) is 0 Å². The van der Waals surface area contributed by atoms with Crippen molar-refractivity contribution in [3.63, 3.8) is 0 Å². The molecule has 0 aliphatic carbocycles. The molecule has 126 valence electrons. The van der Waals surface area contributed by atoms with Crippen LogP contribution >= 0.6 is 0 Å². The molecule has 6 heteroatoms. The average molecular weight is 326 g/mol. The van der Waals surface area contributed by atoms with Crippen LogP contribution in [0.25, 0.3) is 0 Å². The Kier molecular flexibility index (Phi) is 4.23. The molecule has 6 nitrogen and oxygen atoms in total. The van der Waals surface area contributed by atoms with Crippen LogP contribution < -0.4 is 15.5 Å². The molecule has 1 aromatic carbocycles. The minimum atomic E-state index is 0.249. The molecule has 2 aromatic rings. The van der Waals surface area contributed by atoms with E-state index in [0.717, 1.165) is 36.9 Å². The first-order chi connectivity index (χ1) is 11.8. The van der Waals surface area contributed by atoms with Gasteiger partial charge in [0.15, 0.2) is 0 Å². The second-order valence-electron chi connectivity index (χ2n) is 6.10. The number of hydrogen-bond donors (Lipinski definition) is 2. The first kappa shape index (κ1) is 15.2. The van der Waals surface area contributed by atoms with E-state index in [4.69, 9.17) is 9.47 Å². The summed E-state index contributed by atoms with van der Waals surface area (Å²) < 4.78 is 11.0. The smallest absolute Gasteiger partial charge is 0.135 e. The van der Waals surface area contributed by atoms with Gasteiger partial charge < -0.3 is 25.0 Å². The highest BCUT2D eigenvalue weighted by Gasteiger charge is 2.24. The molecular weight excluding hydrogens is 304 g/mol. The van der Waals surface area contributed by atoms with E-state index in [1.807, 2.05) is 12.3 Å². The quantitative estimate of drug-likeness (QED) is 0.904. The lowest BCUT2D eigenvalue weighted by Crippen LogP contribution is -2.48. The monoisotopic (exact) mass is 326 g/mol. The fourth-order valence-corrected chi connectivity index (χ4v) is 3.30. The van der Waals surface area contributed by atoms with Gasteiger partial charge in [0, 0.05) is 37.6 Å². The molecule has 0 saturated carbocycles. The van der Waals surface area contributed by atoms with Gasteiger partial charge in [-0.1, -0.05) is 6.07 Å². The Morgan fingerprint density at radius 3 is 3.21 bits per heavy atom. The Hall–Kier alpha value is -2.31. The third kappa shape index (κ3) is 2.90. The molecule has 1 aromatic heterocycles. The summed E-state index contributed by atoms with van der Waals surface area (Å²) in [5.41, 5.74) is 4.49. The Morgan fingerprint density at radius 1 is 1.33 bits per heavy atom. The number of pyridine rings is 1. The summed E-state index contributed by atoms with van der Waals surface area (Å²) in [5.74, 6) is 0.917. The summed E-state index contributed by atoms with van der Waals surface area (Å²) in [4.78, 5) is 6.80. The third-order valence-electron chi connectivity index (χ3n) is 4.54. The summed E-state index contributed by atoms with van der Waals surface area (Å²) in [6.07, 6.45) is 1.81. The topological polar surface area (TPSA) is 58.7 Å². The fourth-order valence-electron chi connectivity index (χ4n) is 3.30. The van der Waals surface area contributed by atoms with Crippen molar-refractivity contribution in [2.75, 3.05) is 49.0 Å². The fraction of sp³-hybridized carbons (Fsp3) is 0.389. The number of anilines is 4. The highest BCUT2D eigenvalue weighted by molar-refractivity contribution is 5.80. The van der Waals surface area contributed by atoms with Crippen molar-refractivity contribution in [2.45, 2.75) is 12.6 Å². The first-order valence-electron chi connectivity index (χ1n) is 8.27. The first-order valence-corrected chi connectivity index (χ1v) is 8.27. The molecule has 24 heavy (non-hydrogen) atoms. The number of aromatic nitrogens is 1. The minimum Gasteiger partial charge on any atom is -0.382 e. The van der Waals surface area contributed by atoms with E-state index in [0.29, 0.717) is 13.2 Å². The molecule has 2 aliphatic heterocycles. The second kappa shape index (κ2) is 6.67. The number of benzene rings is 1. The lowest BCUT2D eigenvalue weighted by Gasteiger charge is -2.37. The van der Waals surface area contributed by atoms with E-state index in [1.165, 1.54) is 11.3 Å². The highest BCUT2D eigenvalue weighted by Crippen LogP contribution is 2.34. The number of fused-ring (bicyclic) bond motifs is 2. The van der Waals surface area contributed by atoms with Gasteiger partial charge in [0.25, 0.3) is 0 Å². The van der Waals surface area contributed by atoms with Gasteiger partial charge in [-0.05, 0) is 24.3 Å². The molecule has 2 N–H and O–H groups in total. The van der Waals surface area contributed by atoms with Crippen LogP contribution in [0.1, 0.15) is 5.56 Å². The van der Waals surface area contributed by atoms with E-state index in [9.17, 15) is 0 Å². The molecular formula is C18H22N4O2. The van der Waals surface area contributed by atoms with Gasteiger partial charge in [-0.3, -0.25) is 0 Å². The maximum atomic E-state index is 5.60. The maximum Gasteiger partial charge on any atom is 0.135 e. The third-order valence-corrected chi connectivity index (χ3v) is 4.54. The second-order valence-corrected chi connectivity index (χ2v) is 6.10. The molecule has 0 spiro atoms. The SMILES string of the molecule is COCC1COCCN1c1ccc2c(c1)NCc1cccnc1N2. The molecule has 1 saturated heterocycles. The van der Waals surface area contributed by atoms with Crippen molar-refractivity contribution in [1.29, 1.82) is 0 Å². The molecule has 1 fully saturated rings. The van der Waals surface area contributed by atoms with Crippen LogP contribution in [0.2, 0.25) is 0 Å². The van der Waals surface area contributed by atoms with Gasteiger partial charge in [0.1, 0.15) is 5.82 Å². The van der Waals surface area contributed by atoms with Crippen molar-refractivity contribution in [3.8, 4) is 0 Å². The molecule has 0 amide bonds. The zero-order valence-electron chi connectivity index (χ0n) is 13.8. The van der Waals surface area contributed by atoms with Crippen molar-refractivity contribution in [1.82, 2.24) is 4.98 Å². The Morgan fingerprint density at radius 2 is 2.29 bits per heavy atom. The number of rotatable bonds is 3. The molecule has 1 atom stereocenters. The number of nitrogens with zero attached hydrogens (tertiary/aromatic N) is 2. The van der Waals surface area contributed by atoms with Crippen LogP contribution in [0.15, 0.2) is 36.5 Å². The number of nitrogens with one attached hydrogen (secondary N) is 2. The Bertz CT molecular complexity index is 720. The molecule has 3 heterocycles. The number of methoxy groups -OCH3 is 1. The molecule has 0 bridgehead atoms. The van der Waals surface area contributed by atoms with Gasteiger partial charge in [0.05, 0.1) is 37.2 Å². The zero-order valence-corrected chi connectivity index (χ0v) is 13.8. The maximum absolute atomic E-state index is 5.60. The van der Waals surface area contributed by atoms with Gasteiger partial charge >= 0.3 is 0 Å². The standard InChI is InChI=1S/C18H22N4O2/c1-23-11-15-12-24-8-7-22(15)14-4-5-16-17(9-14)20-10-13-3-2-6-19-18(13)21-16/h2-6,9,15,20H,7-8,10-12H2,1H3,(H,19,21). The van der Waals surface area contributed by atoms with E-state index >= 15 is 0 Å². The lowest BCUT2D eigenvalue weighted by atomic mass is 10.1. The zero-order chi connectivity index (χ0) is 16.4. The number of hydrogen-bond acceptors (Lipinski definition) is 6. The van der Waals surface area contributed by atoms with Gasteiger partial charge in [-0.2, -0.15) is 0 Å². The van der Waals surface area contributed by atoms with E-state index in [2.05, 4.69) is 44.8 Å². The van der Waals surface area contributed by atoms with Gasteiger partial charge in [-0.25, -0.2) is 4.98 Å². The predicted octanol–water partition coefficient (Wildman–Crippen LogP) is 2.60. The largest absolute Gasteiger partial charge is 0.382 e. The summed E-state index contributed by atoms with van der Waals surface area (Å²) in [5, 5.41) is 6.94. The summed E-state index contributed by atoms with van der Waals surface area (Å²) in [6.45, 7) is 3.75. The molecule has 0 radical (unpaired) electrons. The van der Waals surface area contributed by atoms with Crippen molar-refractivity contribution in [3.05, 3.63) is 42.1 Å². The highest BCUT2D eigenvalue weighted by atomic mass is 16.5. The number of ether oxygens (including phenoxy) is 2. The summed E-state index contributed by atoms with van der Waals surface area (Å²) in [7, 11) is 1.74. The van der Waals surface area contributed by atoms with E-state index in [1.54, 1.807) is 7.11 Å². The molecule has 4 rings (SSSR count). The average Bonchev–Trinajstić information content (AvgIpc) is 2.81. The van der Waals surface area contributed by atoms with Crippen LogP contribution in [0.5, 0.6) is 0 Å². The Labute approximate surface area is 141 Å². The molecule has 2 aliphatic rings. The normalized spacial score (nSPS) is 19.5.